The zero-order valence-electron chi connectivity index (χ0n) is 13.2. The van der Waals surface area contributed by atoms with Crippen molar-refractivity contribution in [2.24, 2.45) is 5.92 Å². The van der Waals surface area contributed by atoms with Crippen LogP contribution in [0.5, 0.6) is 0 Å². The van der Waals surface area contributed by atoms with E-state index in [2.05, 4.69) is 5.10 Å². The van der Waals surface area contributed by atoms with Gasteiger partial charge in [-0.1, -0.05) is 13.0 Å². The van der Waals surface area contributed by atoms with Crippen LogP contribution in [0.25, 0.3) is 5.69 Å². The summed E-state index contributed by atoms with van der Waals surface area (Å²) in [5, 5.41) is 25.0. The topological polar surface area (TPSA) is 102 Å². The van der Waals surface area contributed by atoms with Crippen LogP contribution in [0.3, 0.4) is 0 Å². The van der Waals surface area contributed by atoms with Gasteiger partial charge < -0.3 is 10.0 Å². The number of carbonyl (C=O) groups excluding carboxylic acids is 1. The third-order valence-corrected chi connectivity index (χ3v) is 4.32. The number of carbonyl (C=O) groups is 1. The predicted molar refractivity (Wildman–Crippen MR) is 85.9 cm³/mol. The van der Waals surface area contributed by atoms with Gasteiger partial charge in [-0.3, -0.25) is 14.9 Å². The number of hydrogen-bond donors (Lipinski definition) is 1. The van der Waals surface area contributed by atoms with Crippen molar-refractivity contribution in [2.45, 2.75) is 19.4 Å². The van der Waals surface area contributed by atoms with Gasteiger partial charge in [0.05, 0.1) is 16.7 Å². The Morgan fingerprint density at radius 2 is 2.21 bits per heavy atom. The largest absolute Gasteiger partial charge is 0.391 e. The first-order valence-corrected chi connectivity index (χ1v) is 7.73. The SMILES string of the molecule is CC1CCN(C(=O)c2ccn(-c3cccc([N+](=O)[O-])c3)n2)CC1O. The highest BCUT2D eigenvalue weighted by Crippen LogP contribution is 2.20. The summed E-state index contributed by atoms with van der Waals surface area (Å²) < 4.78 is 1.43. The lowest BCUT2D eigenvalue weighted by molar-refractivity contribution is -0.384. The van der Waals surface area contributed by atoms with E-state index in [9.17, 15) is 20.0 Å². The van der Waals surface area contributed by atoms with E-state index in [1.54, 1.807) is 29.3 Å². The maximum Gasteiger partial charge on any atom is 0.274 e. The molecule has 3 rings (SSSR count). The number of aliphatic hydroxyl groups is 1. The lowest BCUT2D eigenvalue weighted by Crippen LogP contribution is -2.45. The fraction of sp³-hybridized carbons (Fsp3) is 0.375. The maximum atomic E-state index is 12.5. The summed E-state index contributed by atoms with van der Waals surface area (Å²) >= 11 is 0. The van der Waals surface area contributed by atoms with Crippen LogP contribution in [-0.2, 0) is 0 Å². The Morgan fingerprint density at radius 1 is 1.42 bits per heavy atom. The molecule has 1 fully saturated rings. The molecule has 1 aromatic heterocycles. The molecule has 1 amide bonds. The highest BCUT2D eigenvalue weighted by molar-refractivity contribution is 5.92. The molecule has 0 spiro atoms. The molecule has 0 aliphatic carbocycles. The van der Waals surface area contributed by atoms with Crippen LogP contribution in [-0.4, -0.2) is 49.8 Å². The van der Waals surface area contributed by atoms with Crippen LogP contribution >= 0.6 is 0 Å². The van der Waals surface area contributed by atoms with Crippen molar-refractivity contribution >= 4 is 11.6 Å². The molecule has 0 radical (unpaired) electrons. The number of nitrogens with zero attached hydrogens (tertiary/aromatic N) is 4. The van der Waals surface area contributed by atoms with Crippen molar-refractivity contribution in [2.75, 3.05) is 13.1 Å². The normalized spacial score (nSPS) is 20.8. The van der Waals surface area contributed by atoms with Crippen molar-refractivity contribution in [3.63, 3.8) is 0 Å². The van der Waals surface area contributed by atoms with Crippen LogP contribution in [0.4, 0.5) is 5.69 Å². The molecule has 1 saturated heterocycles. The number of rotatable bonds is 3. The summed E-state index contributed by atoms with van der Waals surface area (Å²) in [5.74, 6) is -0.0680. The van der Waals surface area contributed by atoms with Gasteiger partial charge in [0, 0.05) is 31.4 Å². The van der Waals surface area contributed by atoms with Crippen LogP contribution in [0, 0.1) is 16.0 Å². The monoisotopic (exact) mass is 330 g/mol. The zero-order chi connectivity index (χ0) is 17.3. The molecule has 1 aliphatic rings. The lowest BCUT2D eigenvalue weighted by atomic mass is 9.96. The number of likely N-dealkylation sites (tertiary alicyclic amines) is 1. The molecule has 8 heteroatoms. The van der Waals surface area contributed by atoms with E-state index in [-0.39, 0.29) is 23.2 Å². The molecule has 24 heavy (non-hydrogen) atoms. The van der Waals surface area contributed by atoms with Gasteiger partial charge in [-0.25, -0.2) is 4.68 Å². The van der Waals surface area contributed by atoms with Crippen LogP contribution in [0.2, 0.25) is 0 Å². The second kappa shape index (κ2) is 6.40. The van der Waals surface area contributed by atoms with Crippen molar-refractivity contribution in [3.05, 3.63) is 52.3 Å². The fourth-order valence-corrected chi connectivity index (χ4v) is 2.73. The number of non-ortho nitro benzene ring substituents is 1. The molecule has 2 heterocycles. The third kappa shape index (κ3) is 3.13. The Kier molecular flexibility index (Phi) is 4.30. The first-order valence-electron chi connectivity index (χ1n) is 7.73. The van der Waals surface area contributed by atoms with Gasteiger partial charge in [0.15, 0.2) is 5.69 Å². The standard InChI is InChI=1S/C16H18N4O4/c1-11-5-7-18(10-15(11)21)16(22)14-6-8-19(17-14)12-3-2-4-13(9-12)20(23)24/h2-4,6,8-9,11,15,21H,5,7,10H2,1H3. The second-order valence-corrected chi connectivity index (χ2v) is 6.01. The fourth-order valence-electron chi connectivity index (χ4n) is 2.73. The zero-order valence-corrected chi connectivity index (χ0v) is 13.2. The Hall–Kier alpha value is -2.74. The molecule has 2 aromatic rings. The van der Waals surface area contributed by atoms with Gasteiger partial charge in [-0.05, 0) is 24.5 Å². The van der Waals surface area contributed by atoms with Crippen LogP contribution in [0.1, 0.15) is 23.8 Å². The molecule has 0 bridgehead atoms. The van der Waals surface area contributed by atoms with E-state index >= 15 is 0 Å². The Balaban J connectivity index is 1.79. The lowest BCUT2D eigenvalue weighted by Gasteiger charge is -2.33. The number of benzene rings is 1. The number of hydrogen-bond acceptors (Lipinski definition) is 5. The van der Waals surface area contributed by atoms with Gasteiger partial charge in [0.25, 0.3) is 11.6 Å². The number of nitro groups is 1. The maximum absolute atomic E-state index is 12.5. The summed E-state index contributed by atoms with van der Waals surface area (Å²) in [6.07, 6.45) is 1.81. The first kappa shape index (κ1) is 16.1. The average molecular weight is 330 g/mol. The number of piperidine rings is 1. The third-order valence-electron chi connectivity index (χ3n) is 4.32. The predicted octanol–water partition coefficient (Wildman–Crippen LogP) is 1.62. The Labute approximate surface area is 138 Å². The Bertz CT molecular complexity index is 773. The number of amides is 1. The van der Waals surface area contributed by atoms with Crippen molar-refractivity contribution in [1.82, 2.24) is 14.7 Å². The van der Waals surface area contributed by atoms with E-state index in [1.165, 1.54) is 16.8 Å². The van der Waals surface area contributed by atoms with E-state index in [1.807, 2.05) is 6.92 Å². The molecule has 1 N–H and O–H groups in total. The first-order chi connectivity index (χ1) is 11.5. The minimum absolute atomic E-state index is 0.0379. The molecule has 0 saturated carbocycles. The van der Waals surface area contributed by atoms with Crippen molar-refractivity contribution in [1.29, 1.82) is 0 Å². The quantitative estimate of drug-likeness (QED) is 0.681. The highest BCUT2D eigenvalue weighted by atomic mass is 16.6. The second-order valence-electron chi connectivity index (χ2n) is 6.01. The molecule has 1 aliphatic heterocycles. The minimum atomic E-state index is -0.526. The number of β-amino-alcohol motifs (C(OH)–C–C–N with tert-alkyl or cyclic N) is 1. The minimum Gasteiger partial charge on any atom is -0.391 e. The van der Waals surface area contributed by atoms with Crippen molar-refractivity contribution < 1.29 is 14.8 Å². The van der Waals surface area contributed by atoms with Crippen LogP contribution < -0.4 is 0 Å². The van der Waals surface area contributed by atoms with Gasteiger partial charge in [0.1, 0.15) is 0 Å². The van der Waals surface area contributed by atoms with Gasteiger partial charge in [0.2, 0.25) is 0 Å². The van der Waals surface area contributed by atoms with Crippen molar-refractivity contribution in [3.8, 4) is 5.69 Å². The number of nitro benzene ring substituents is 1. The summed E-state index contributed by atoms with van der Waals surface area (Å²) in [6, 6.07) is 7.62. The summed E-state index contributed by atoms with van der Waals surface area (Å²) in [6.45, 7) is 2.84. The Morgan fingerprint density at radius 3 is 2.92 bits per heavy atom. The van der Waals surface area contributed by atoms with Gasteiger partial charge >= 0.3 is 0 Å². The average Bonchev–Trinajstić information content (AvgIpc) is 3.07. The van der Waals surface area contributed by atoms with E-state index in [0.29, 0.717) is 18.8 Å². The molecule has 2 unspecified atom stereocenters. The number of aliphatic hydroxyl groups excluding tert-OH is 1. The smallest absolute Gasteiger partial charge is 0.274 e. The molecule has 8 nitrogen and oxygen atoms in total. The summed E-state index contributed by atoms with van der Waals surface area (Å²) in [4.78, 5) is 24.5. The molecule has 1 aromatic carbocycles. The summed E-state index contributed by atoms with van der Waals surface area (Å²) in [7, 11) is 0. The summed E-state index contributed by atoms with van der Waals surface area (Å²) in [5.41, 5.74) is 0.725. The van der Waals surface area contributed by atoms with E-state index in [0.717, 1.165) is 6.42 Å². The van der Waals surface area contributed by atoms with Gasteiger partial charge in [-0.2, -0.15) is 5.10 Å². The van der Waals surface area contributed by atoms with E-state index < -0.39 is 11.0 Å². The van der Waals surface area contributed by atoms with Gasteiger partial charge in [-0.15, -0.1) is 0 Å². The van der Waals surface area contributed by atoms with Crippen LogP contribution in [0.15, 0.2) is 36.5 Å². The molecule has 126 valence electrons. The molecule has 2 atom stereocenters. The number of aromatic nitrogens is 2. The highest BCUT2D eigenvalue weighted by Gasteiger charge is 2.28. The molecular formula is C16H18N4O4. The van der Waals surface area contributed by atoms with E-state index in [4.69, 9.17) is 0 Å². The molecular weight excluding hydrogens is 312 g/mol.